The van der Waals surface area contributed by atoms with Crippen LogP contribution in [0.1, 0.15) is 13.8 Å². The van der Waals surface area contributed by atoms with Crippen molar-refractivity contribution in [2.45, 2.75) is 25.6 Å². The average Bonchev–Trinajstić information content (AvgIpc) is 1.35. The highest BCUT2D eigenvalue weighted by molar-refractivity contribution is 6.37. The molecule has 1 nitrogen and oxygen atoms in total. The number of nitrogens with two attached hydrogens (primary N) is 1. The van der Waals surface area contributed by atoms with Gasteiger partial charge in [-0.3, -0.25) is 0 Å². The van der Waals surface area contributed by atoms with Crippen LogP contribution in [0, 0.1) is 0 Å². The smallest absolute Gasteiger partial charge is 0.0403 e. The molecule has 0 heterocycles. The van der Waals surface area contributed by atoms with E-state index in [9.17, 15) is 0 Å². The molecule has 0 radical (unpaired) electrons. The van der Waals surface area contributed by atoms with Crippen molar-refractivity contribution in [3.05, 3.63) is 0 Å². The van der Waals surface area contributed by atoms with E-state index in [0.717, 1.165) is 0 Å². The van der Waals surface area contributed by atoms with Gasteiger partial charge in [0, 0.05) is 9.52 Å². The standard InChI is InChI=1S/C4H13NSi/c1-4(2,5)6-3/h5-6H2,1-3H3. The molecule has 0 aromatic rings. The van der Waals surface area contributed by atoms with Crippen LogP contribution >= 0.6 is 0 Å². The van der Waals surface area contributed by atoms with Crippen molar-refractivity contribution in [2.75, 3.05) is 0 Å². The van der Waals surface area contributed by atoms with Crippen molar-refractivity contribution in [2.24, 2.45) is 5.73 Å². The SMILES string of the molecule is C[SiH2]C(C)(C)N. The lowest BCUT2D eigenvalue weighted by atomic mass is 10.4. The van der Waals surface area contributed by atoms with Gasteiger partial charge in [-0.15, -0.1) is 0 Å². The zero-order chi connectivity index (χ0) is 5.21. The molecule has 6 heavy (non-hydrogen) atoms. The average molecular weight is 103 g/mol. The Labute approximate surface area is 41.7 Å². The lowest BCUT2D eigenvalue weighted by molar-refractivity contribution is 0.731. The summed E-state index contributed by atoms with van der Waals surface area (Å²) in [6, 6.07) is 0. The molecule has 0 aromatic carbocycles. The highest BCUT2D eigenvalue weighted by atomic mass is 28.2. The van der Waals surface area contributed by atoms with Gasteiger partial charge in [0.05, 0.1) is 0 Å². The summed E-state index contributed by atoms with van der Waals surface area (Å²) in [5.41, 5.74) is 5.60. The van der Waals surface area contributed by atoms with E-state index < -0.39 is 0 Å². The zero-order valence-corrected chi connectivity index (χ0v) is 6.20. The first-order valence-corrected chi connectivity index (χ1v) is 4.47. The van der Waals surface area contributed by atoms with E-state index in [2.05, 4.69) is 20.4 Å². The molecule has 0 aliphatic carbocycles. The Morgan fingerprint density at radius 3 is 1.67 bits per heavy atom. The van der Waals surface area contributed by atoms with Crippen molar-refractivity contribution in [3.63, 3.8) is 0 Å². The molecule has 0 aliphatic rings. The van der Waals surface area contributed by atoms with Gasteiger partial charge in [0.2, 0.25) is 0 Å². The number of hydrogen-bond donors (Lipinski definition) is 1. The van der Waals surface area contributed by atoms with Crippen LogP contribution in [0.5, 0.6) is 0 Å². The third kappa shape index (κ3) is 4.18. The highest BCUT2D eigenvalue weighted by Gasteiger charge is 2.04. The minimum absolute atomic E-state index is 0.0301. The summed E-state index contributed by atoms with van der Waals surface area (Å²) in [5, 5.41) is 0.181. The first-order chi connectivity index (χ1) is 2.56. The molecule has 2 heteroatoms. The molecule has 0 saturated heterocycles. The monoisotopic (exact) mass is 103 g/mol. The molecule has 0 spiro atoms. The van der Waals surface area contributed by atoms with E-state index >= 15 is 0 Å². The number of rotatable bonds is 1. The lowest BCUT2D eigenvalue weighted by Gasteiger charge is -2.12. The van der Waals surface area contributed by atoms with Crippen molar-refractivity contribution >= 4 is 9.52 Å². The Bertz CT molecular complexity index is 37.3. The fourth-order valence-corrected chi connectivity index (χ4v) is 0. The first kappa shape index (κ1) is 6.18. The number of hydrogen-bond acceptors (Lipinski definition) is 1. The summed E-state index contributed by atoms with van der Waals surface area (Å²) >= 11 is 0. The zero-order valence-electron chi connectivity index (χ0n) is 4.78. The van der Waals surface area contributed by atoms with Gasteiger partial charge in [0.15, 0.2) is 0 Å². The quantitative estimate of drug-likeness (QED) is 0.461. The molecule has 38 valence electrons. The minimum Gasteiger partial charge on any atom is -0.329 e. The maximum absolute atomic E-state index is 5.60. The molecule has 2 N–H and O–H groups in total. The van der Waals surface area contributed by atoms with E-state index in [1.165, 1.54) is 0 Å². The maximum Gasteiger partial charge on any atom is 0.0403 e. The normalized spacial score (nSPS) is 14.0. The van der Waals surface area contributed by atoms with Gasteiger partial charge in [-0.2, -0.15) is 0 Å². The molecule has 0 bridgehead atoms. The third-order valence-corrected chi connectivity index (χ3v) is 2.73. The van der Waals surface area contributed by atoms with E-state index in [1.54, 1.807) is 0 Å². The Kier molecular flexibility index (Phi) is 1.81. The second-order valence-corrected chi connectivity index (χ2v) is 4.87. The summed E-state index contributed by atoms with van der Waals surface area (Å²) in [7, 11) is 0.0301. The molecule has 0 saturated carbocycles. The van der Waals surface area contributed by atoms with Crippen LogP contribution in [0.2, 0.25) is 6.55 Å². The van der Waals surface area contributed by atoms with Crippen LogP contribution in [-0.2, 0) is 0 Å². The Balaban J connectivity index is 3.17. The summed E-state index contributed by atoms with van der Waals surface area (Å²) in [4.78, 5) is 0. The van der Waals surface area contributed by atoms with Gasteiger partial charge in [-0.25, -0.2) is 0 Å². The second-order valence-electron chi connectivity index (χ2n) is 2.34. The van der Waals surface area contributed by atoms with E-state index in [1.807, 2.05) is 0 Å². The molecular weight excluding hydrogens is 90.1 g/mol. The molecule has 0 atom stereocenters. The van der Waals surface area contributed by atoms with E-state index in [0.29, 0.717) is 0 Å². The van der Waals surface area contributed by atoms with Crippen LogP contribution in [-0.4, -0.2) is 14.7 Å². The molecule has 0 unspecified atom stereocenters. The van der Waals surface area contributed by atoms with Crippen LogP contribution in [0.4, 0.5) is 0 Å². The molecule has 0 amide bonds. The van der Waals surface area contributed by atoms with Crippen molar-refractivity contribution in [1.29, 1.82) is 0 Å². The maximum atomic E-state index is 5.60. The largest absolute Gasteiger partial charge is 0.329 e. The van der Waals surface area contributed by atoms with Gasteiger partial charge in [-0.1, -0.05) is 20.4 Å². The van der Waals surface area contributed by atoms with Crippen LogP contribution in [0.15, 0.2) is 0 Å². The lowest BCUT2D eigenvalue weighted by Crippen LogP contribution is -2.37. The van der Waals surface area contributed by atoms with Crippen LogP contribution in [0.25, 0.3) is 0 Å². The molecule has 0 fully saturated rings. The predicted octanol–water partition coefficient (Wildman–Crippen LogP) is -0.102. The highest BCUT2D eigenvalue weighted by Crippen LogP contribution is 1.89. The van der Waals surface area contributed by atoms with Gasteiger partial charge in [-0.05, 0) is 5.16 Å². The molecular formula is C4H13NSi. The Hall–Kier alpha value is 0.177. The fraction of sp³-hybridized carbons (Fsp3) is 1.00. The molecule has 0 aromatic heterocycles. The van der Waals surface area contributed by atoms with Crippen molar-refractivity contribution in [3.8, 4) is 0 Å². The fourth-order valence-electron chi connectivity index (χ4n) is 0. The van der Waals surface area contributed by atoms with E-state index in [-0.39, 0.29) is 14.7 Å². The van der Waals surface area contributed by atoms with Gasteiger partial charge in [0.25, 0.3) is 0 Å². The minimum atomic E-state index is 0.0301. The van der Waals surface area contributed by atoms with Crippen LogP contribution < -0.4 is 5.73 Å². The Morgan fingerprint density at radius 1 is 1.50 bits per heavy atom. The Morgan fingerprint density at radius 2 is 1.67 bits per heavy atom. The van der Waals surface area contributed by atoms with Crippen molar-refractivity contribution in [1.82, 2.24) is 0 Å². The summed E-state index contributed by atoms with van der Waals surface area (Å²) in [6.07, 6.45) is 0. The molecule has 0 aliphatic heterocycles. The summed E-state index contributed by atoms with van der Waals surface area (Å²) in [5.74, 6) is 0. The molecule has 0 rings (SSSR count). The van der Waals surface area contributed by atoms with Gasteiger partial charge < -0.3 is 5.73 Å². The van der Waals surface area contributed by atoms with E-state index in [4.69, 9.17) is 5.73 Å². The topological polar surface area (TPSA) is 26.0 Å². The van der Waals surface area contributed by atoms with Crippen LogP contribution in [0.3, 0.4) is 0 Å². The van der Waals surface area contributed by atoms with Gasteiger partial charge in [0.1, 0.15) is 0 Å². The third-order valence-electron chi connectivity index (χ3n) is 0.911. The summed E-state index contributed by atoms with van der Waals surface area (Å²) in [6.45, 7) is 6.39. The second kappa shape index (κ2) is 1.75. The van der Waals surface area contributed by atoms with Crippen molar-refractivity contribution < 1.29 is 0 Å². The van der Waals surface area contributed by atoms with Gasteiger partial charge >= 0.3 is 0 Å². The predicted molar refractivity (Wildman–Crippen MR) is 32.7 cm³/mol. The summed E-state index contributed by atoms with van der Waals surface area (Å²) < 4.78 is 0. The first-order valence-electron chi connectivity index (χ1n) is 2.35.